The van der Waals surface area contributed by atoms with Crippen molar-refractivity contribution in [1.29, 1.82) is 0 Å². The van der Waals surface area contributed by atoms with Crippen molar-refractivity contribution < 1.29 is 24.2 Å². The number of hydrogen-bond donors (Lipinski definition) is 2. The summed E-state index contributed by atoms with van der Waals surface area (Å²) in [4.78, 5) is 26.5. The number of esters is 2. The molecular formula is C32H63NO5. The van der Waals surface area contributed by atoms with Crippen molar-refractivity contribution in [2.24, 2.45) is 5.41 Å². The largest absolute Gasteiger partial charge is 0.465 e. The maximum Gasteiger partial charge on any atom is 0.323 e. The van der Waals surface area contributed by atoms with Gasteiger partial charge in [-0.1, -0.05) is 117 Å². The SMILES string of the molecule is CCCCCCCCCCOC(=O)C(CC)(CCCCNCCCO)C(=O)OCCCCCCCCCC. The van der Waals surface area contributed by atoms with Crippen LogP contribution in [-0.4, -0.2) is 50.0 Å². The number of carbonyl (C=O) groups excluding carboxylic acids is 2. The summed E-state index contributed by atoms with van der Waals surface area (Å²) in [6.45, 7) is 8.88. The number of nitrogens with one attached hydrogen (secondary N) is 1. The minimum absolute atomic E-state index is 0.182. The molecule has 6 nitrogen and oxygen atoms in total. The van der Waals surface area contributed by atoms with Gasteiger partial charge in [0.2, 0.25) is 0 Å². The van der Waals surface area contributed by atoms with Crippen LogP contribution in [-0.2, 0) is 19.1 Å². The Morgan fingerprint density at radius 3 is 1.42 bits per heavy atom. The second kappa shape index (κ2) is 27.4. The highest BCUT2D eigenvalue weighted by molar-refractivity contribution is 6.00. The van der Waals surface area contributed by atoms with Crippen LogP contribution in [0.25, 0.3) is 0 Å². The third kappa shape index (κ3) is 19.0. The molecule has 0 fully saturated rings. The Labute approximate surface area is 235 Å². The maximum absolute atomic E-state index is 13.2. The molecule has 6 heteroatoms. The Bertz CT molecular complexity index is 506. The topological polar surface area (TPSA) is 84.9 Å². The van der Waals surface area contributed by atoms with Gasteiger partial charge in [0.1, 0.15) is 0 Å². The first-order valence-electron chi connectivity index (χ1n) is 16.2. The minimum Gasteiger partial charge on any atom is -0.465 e. The lowest BCUT2D eigenvalue weighted by molar-refractivity contribution is -0.174. The van der Waals surface area contributed by atoms with Crippen molar-refractivity contribution in [3.05, 3.63) is 0 Å². The second-order valence-electron chi connectivity index (χ2n) is 10.9. The van der Waals surface area contributed by atoms with Crippen molar-refractivity contribution in [3.8, 4) is 0 Å². The fraction of sp³-hybridized carbons (Fsp3) is 0.938. The molecule has 0 spiro atoms. The first-order chi connectivity index (χ1) is 18.6. The molecule has 0 aromatic rings. The fourth-order valence-electron chi connectivity index (χ4n) is 4.84. The van der Waals surface area contributed by atoms with Gasteiger partial charge in [-0.3, -0.25) is 9.59 Å². The molecule has 0 atom stereocenters. The first kappa shape index (κ1) is 36.9. The van der Waals surface area contributed by atoms with E-state index >= 15 is 0 Å². The molecule has 0 rings (SSSR count). The zero-order valence-electron chi connectivity index (χ0n) is 25.5. The number of aliphatic hydroxyl groups is 1. The number of aliphatic hydroxyl groups excluding tert-OH is 1. The van der Waals surface area contributed by atoms with E-state index in [0.29, 0.717) is 26.1 Å². The van der Waals surface area contributed by atoms with E-state index in [9.17, 15) is 9.59 Å². The summed E-state index contributed by atoms with van der Waals surface area (Å²) in [6, 6.07) is 0. The summed E-state index contributed by atoms with van der Waals surface area (Å²) in [5.74, 6) is -0.811. The predicted octanol–water partition coefficient (Wildman–Crippen LogP) is 7.89. The van der Waals surface area contributed by atoms with E-state index in [4.69, 9.17) is 14.6 Å². The zero-order valence-corrected chi connectivity index (χ0v) is 25.5. The van der Waals surface area contributed by atoms with E-state index in [2.05, 4.69) is 19.2 Å². The van der Waals surface area contributed by atoms with E-state index in [1.165, 1.54) is 77.0 Å². The number of ether oxygens (including phenoxy) is 2. The summed E-state index contributed by atoms with van der Waals surface area (Å²) >= 11 is 0. The number of hydrogen-bond acceptors (Lipinski definition) is 6. The van der Waals surface area contributed by atoms with Crippen LogP contribution in [0.4, 0.5) is 0 Å². The molecule has 0 unspecified atom stereocenters. The van der Waals surface area contributed by atoms with E-state index in [1.54, 1.807) is 0 Å². The Morgan fingerprint density at radius 2 is 1.00 bits per heavy atom. The predicted molar refractivity (Wildman–Crippen MR) is 158 cm³/mol. The molecule has 0 heterocycles. The number of rotatable bonds is 29. The van der Waals surface area contributed by atoms with Crippen LogP contribution in [0, 0.1) is 5.41 Å². The van der Waals surface area contributed by atoms with E-state index in [0.717, 1.165) is 58.0 Å². The molecule has 0 aliphatic carbocycles. The van der Waals surface area contributed by atoms with Crippen molar-refractivity contribution in [2.45, 2.75) is 156 Å². The zero-order chi connectivity index (χ0) is 28.2. The molecular weight excluding hydrogens is 478 g/mol. The molecule has 226 valence electrons. The van der Waals surface area contributed by atoms with Gasteiger partial charge < -0.3 is 19.9 Å². The summed E-state index contributed by atoms with van der Waals surface area (Å²) < 4.78 is 11.4. The van der Waals surface area contributed by atoms with Gasteiger partial charge in [-0.2, -0.15) is 0 Å². The summed E-state index contributed by atoms with van der Waals surface area (Å²) in [7, 11) is 0. The van der Waals surface area contributed by atoms with E-state index in [1.807, 2.05) is 6.92 Å². The molecule has 0 bridgehead atoms. The smallest absolute Gasteiger partial charge is 0.323 e. The molecule has 2 N–H and O–H groups in total. The van der Waals surface area contributed by atoms with Crippen LogP contribution in [0.2, 0.25) is 0 Å². The number of unbranched alkanes of at least 4 members (excludes halogenated alkanes) is 15. The molecule has 0 amide bonds. The first-order valence-corrected chi connectivity index (χ1v) is 16.2. The second-order valence-corrected chi connectivity index (χ2v) is 10.9. The Morgan fingerprint density at radius 1 is 0.579 bits per heavy atom. The standard InChI is InChI=1S/C32H63NO5/c1-4-7-9-11-13-15-17-21-28-37-30(35)32(6-3,24-19-20-25-33-26-23-27-34)31(36)38-29-22-18-16-14-12-10-8-5-2/h33-34H,4-29H2,1-3H3. The van der Waals surface area contributed by atoms with Crippen LogP contribution in [0.1, 0.15) is 156 Å². The van der Waals surface area contributed by atoms with Crippen molar-refractivity contribution >= 4 is 11.9 Å². The van der Waals surface area contributed by atoms with E-state index < -0.39 is 17.4 Å². The lowest BCUT2D eigenvalue weighted by atomic mass is 9.80. The van der Waals surface area contributed by atoms with Crippen LogP contribution >= 0.6 is 0 Å². The van der Waals surface area contributed by atoms with Gasteiger partial charge in [-0.15, -0.1) is 0 Å². The van der Waals surface area contributed by atoms with Crippen LogP contribution in [0.3, 0.4) is 0 Å². The average Bonchev–Trinajstić information content (AvgIpc) is 2.92. The van der Waals surface area contributed by atoms with Gasteiger partial charge in [0, 0.05) is 6.61 Å². The highest BCUT2D eigenvalue weighted by Crippen LogP contribution is 2.33. The monoisotopic (exact) mass is 541 g/mol. The lowest BCUT2D eigenvalue weighted by Gasteiger charge is -2.28. The molecule has 0 saturated heterocycles. The fourth-order valence-corrected chi connectivity index (χ4v) is 4.84. The van der Waals surface area contributed by atoms with E-state index in [-0.39, 0.29) is 6.61 Å². The Hall–Kier alpha value is -1.14. The third-order valence-corrected chi connectivity index (χ3v) is 7.57. The molecule has 0 aromatic carbocycles. The molecule has 0 radical (unpaired) electrons. The quantitative estimate of drug-likeness (QED) is 0.0569. The Kier molecular flexibility index (Phi) is 26.6. The van der Waals surface area contributed by atoms with Gasteiger partial charge in [0.15, 0.2) is 5.41 Å². The normalized spacial score (nSPS) is 11.6. The maximum atomic E-state index is 13.2. The molecule has 0 aromatic heterocycles. The lowest BCUT2D eigenvalue weighted by Crippen LogP contribution is -2.42. The molecule has 0 aliphatic rings. The number of carbonyl (C=O) groups is 2. The molecule has 38 heavy (non-hydrogen) atoms. The van der Waals surface area contributed by atoms with Crippen molar-refractivity contribution in [2.75, 3.05) is 32.9 Å². The Balaban J connectivity index is 4.61. The summed E-state index contributed by atoms with van der Waals surface area (Å²) in [5, 5.41) is 12.2. The molecule has 0 aliphatic heterocycles. The van der Waals surface area contributed by atoms with Crippen molar-refractivity contribution in [3.63, 3.8) is 0 Å². The van der Waals surface area contributed by atoms with Gasteiger partial charge in [-0.05, 0) is 51.6 Å². The van der Waals surface area contributed by atoms with Crippen LogP contribution in [0.5, 0.6) is 0 Å². The van der Waals surface area contributed by atoms with Gasteiger partial charge in [-0.25, -0.2) is 0 Å². The third-order valence-electron chi connectivity index (χ3n) is 7.57. The van der Waals surface area contributed by atoms with Gasteiger partial charge in [0.05, 0.1) is 13.2 Å². The van der Waals surface area contributed by atoms with Crippen LogP contribution in [0.15, 0.2) is 0 Å². The van der Waals surface area contributed by atoms with Crippen LogP contribution < -0.4 is 5.32 Å². The minimum atomic E-state index is -1.20. The highest BCUT2D eigenvalue weighted by Gasteiger charge is 2.46. The van der Waals surface area contributed by atoms with Gasteiger partial charge in [0.25, 0.3) is 0 Å². The molecule has 0 saturated carbocycles. The average molecular weight is 542 g/mol. The highest BCUT2D eigenvalue weighted by atomic mass is 16.6. The summed E-state index contributed by atoms with van der Waals surface area (Å²) in [5.41, 5.74) is -1.20. The summed E-state index contributed by atoms with van der Waals surface area (Å²) in [6.07, 6.45) is 22.2. The van der Waals surface area contributed by atoms with Crippen molar-refractivity contribution in [1.82, 2.24) is 5.32 Å². The van der Waals surface area contributed by atoms with Gasteiger partial charge >= 0.3 is 11.9 Å².